The molecule has 1 aromatic rings. The van der Waals surface area contributed by atoms with Crippen LogP contribution in [0.2, 0.25) is 0 Å². The van der Waals surface area contributed by atoms with E-state index in [0.717, 1.165) is 12.3 Å². The number of nitrogens with zero attached hydrogens (tertiary/aromatic N) is 2. The predicted octanol–water partition coefficient (Wildman–Crippen LogP) is -0.121. The van der Waals surface area contributed by atoms with Gasteiger partial charge < -0.3 is 11.1 Å². The maximum atomic E-state index is 12.1. The molecule has 1 atom stereocenters. The molecule has 3 N–H and O–H groups in total. The van der Waals surface area contributed by atoms with Crippen molar-refractivity contribution >= 4 is 27.2 Å². The standard InChI is InChI=1S/C11H14N4O5S/c12-10-4-8(9(5-13-10)15(17)18)11(16)14-7-2-1-3-21(19,20)6-7/h4-5,7H,1-3,6H2,(H2,12,13)(H,14,16). The maximum absolute atomic E-state index is 12.1. The molecule has 1 unspecified atom stereocenters. The molecule has 114 valence electrons. The number of nitro groups is 1. The highest BCUT2D eigenvalue weighted by atomic mass is 32.2. The first kappa shape index (κ1) is 15.2. The Kier molecular flexibility index (Phi) is 4.07. The van der Waals surface area contributed by atoms with Crippen molar-refractivity contribution in [2.45, 2.75) is 18.9 Å². The van der Waals surface area contributed by atoms with E-state index in [2.05, 4.69) is 10.3 Å². The van der Waals surface area contributed by atoms with Crippen LogP contribution in [0.15, 0.2) is 12.3 Å². The molecule has 1 aliphatic rings. The number of carbonyl (C=O) groups is 1. The van der Waals surface area contributed by atoms with E-state index in [9.17, 15) is 23.3 Å². The fourth-order valence-corrected chi connectivity index (χ4v) is 3.83. The number of anilines is 1. The molecule has 9 nitrogen and oxygen atoms in total. The van der Waals surface area contributed by atoms with Gasteiger partial charge in [0, 0.05) is 6.04 Å². The minimum Gasteiger partial charge on any atom is -0.384 e. The van der Waals surface area contributed by atoms with E-state index in [1.165, 1.54) is 0 Å². The first-order valence-corrected chi connectivity index (χ1v) is 8.02. The molecule has 1 aliphatic heterocycles. The fourth-order valence-electron chi connectivity index (χ4n) is 2.19. The van der Waals surface area contributed by atoms with Crippen LogP contribution >= 0.6 is 0 Å². The lowest BCUT2D eigenvalue weighted by atomic mass is 10.1. The maximum Gasteiger partial charge on any atom is 0.300 e. The highest BCUT2D eigenvalue weighted by Crippen LogP contribution is 2.20. The molecule has 1 saturated heterocycles. The van der Waals surface area contributed by atoms with Gasteiger partial charge in [0.1, 0.15) is 17.6 Å². The lowest BCUT2D eigenvalue weighted by Crippen LogP contribution is -2.43. The minimum absolute atomic E-state index is 0.0259. The van der Waals surface area contributed by atoms with E-state index < -0.39 is 32.4 Å². The Morgan fingerprint density at radius 1 is 1.52 bits per heavy atom. The molecule has 0 aliphatic carbocycles. The van der Waals surface area contributed by atoms with Gasteiger partial charge >= 0.3 is 0 Å². The summed E-state index contributed by atoms with van der Waals surface area (Å²) in [4.78, 5) is 25.8. The lowest BCUT2D eigenvalue weighted by Gasteiger charge is -2.22. The van der Waals surface area contributed by atoms with Crippen LogP contribution in [-0.4, -0.2) is 41.8 Å². The smallest absolute Gasteiger partial charge is 0.300 e. The third kappa shape index (κ3) is 3.66. The molecule has 10 heteroatoms. The summed E-state index contributed by atoms with van der Waals surface area (Å²) in [7, 11) is -3.18. The number of nitrogens with two attached hydrogens (primary N) is 1. The number of carbonyl (C=O) groups excluding carboxylic acids is 1. The summed E-state index contributed by atoms with van der Waals surface area (Å²) >= 11 is 0. The molecule has 0 spiro atoms. The van der Waals surface area contributed by atoms with Crippen molar-refractivity contribution in [2.24, 2.45) is 0 Å². The van der Waals surface area contributed by atoms with E-state index in [4.69, 9.17) is 5.73 Å². The van der Waals surface area contributed by atoms with Crippen molar-refractivity contribution in [1.29, 1.82) is 0 Å². The van der Waals surface area contributed by atoms with Gasteiger partial charge in [-0.15, -0.1) is 0 Å². The first-order chi connectivity index (χ1) is 9.78. The van der Waals surface area contributed by atoms with Crippen LogP contribution in [-0.2, 0) is 9.84 Å². The van der Waals surface area contributed by atoms with E-state index in [0.29, 0.717) is 12.8 Å². The van der Waals surface area contributed by atoms with Crippen LogP contribution in [0.5, 0.6) is 0 Å². The van der Waals surface area contributed by atoms with Gasteiger partial charge in [-0.3, -0.25) is 14.9 Å². The van der Waals surface area contributed by atoms with Gasteiger partial charge in [-0.1, -0.05) is 0 Å². The molecule has 1 amide bonds. The first-order valence-electron chi connectivity index (χ1n) is 6.20. The number of aromatic nitrogens is 1. The molecular formula is C11H14N4O5S. The van der Waals surface area contributed by atoms with Gasteiger partial charge in [0.05, 0.1) is 16.4 Å². The molecule has 0 aromatic carbocycles. The number of nitrogens with one attached hydrogen (secondary N) is 1. The van der Waals surface area contributed by atoms with Crippen LogP contribution in [0.1, 0.15) is 23.2 Å². The molecule has 1 aromatic heterocycles. The van der Waals surface area contributed by atoms with Crippen molar-refractivity contribution < 1.29 is 18.1 Å². The molecule has 2 rings (SSSR count). The Morgan fingerprint density at radius 2 is 2.24 bits per heavy atom. The summed E-state index contributed by atoms with van der Waals surface area (Å²) in [6.45, 7) is 0. The van der Waals surface area contributed by atoms with Gasteiger partial charge in [-0.2, -0.15) is 0 Å². The number of rotatable bonds is 3. The van der Waals surface area contributed by atoms with Gasteiger partial charge in [0.25, 0.3) is 11.6 Å². The molecule has 0 radical (unpaired) electrons. The molecule has 21 heavy (non-hydrogen) atoms. The second kappa shape index (κ2) is 5.64. The number of pyridine rings is 1. The van der Waals surface area contributed by atoms with Crippen LogP contribution in [0.25, 0.3) is 0 Å². The molecule has 0 bridgehead atoms. The van der Waals surface area contributed by atoms with E-state index in [1.807, 2.05) is 0 Å². The van der Waals surface area contributed by atoms with Crippen LogP contribution < -0.4 is 11.1 Å². The van der Waals surface area contributed by atoms with Gasteiger partial charge in [0.2, 0.25) is 0 Å². The predicted molar refractivity (Wildman–Crippen MR) is 74.4 cm³/mol. The Bertz CT molecular complexity index is 688. The fraction of sp³-hybridized carbons (Fsp3) is 0.455. The minimum atomic E-state index is -3.18. The van der Waals surface area contributed by atoms with Crippen molar-refractivity contribution in [3.63, 3.8) is 0 Å². The van der Waals surface area contributed by atoms with Gasteiger partial charge in [-0.05, 0) is 18.9 Å². The summed E-state index contributed by atoms with van der Waals surface area (Å²) in [6, 6.07) is 0.551. The Hall–Kier alpha value is -2.23. The second-order valence-corrected chi connectivity index (χ2v) is 7.04. The summed E-state index contributed by atoms with van der Waals surface area (Å²) in [5, 5.41) is 13.4. The molecule has 0 saturated carbocycles. The quantitative estimate of drug-likeness (QED) is 0.584. The topological polar surface area (TPSA) is 145 Å². The Labute approximate surface area is 120 Å². The molecule has 2 heterocycles. The lowest BCUT2D eigenvalue weighted by molar-refractivity contribution is -0.385. The number of amides is 1. The van der Waals surface area contributed by atoms with Crippen molar-refractivity contribution in [2.75, 3.05) is 17.2 Å². The summed E-state index contributed by atoms with van der Waals surface area (Å²) in [6.07, 6.45) is 1.87. The van der Waals surface area contributed by atoms with Crippen molar-refractivity contribution in [3.05, 3.63) is 27.9 Å². The number of hydrogen-bond donors (Lipinski definition) is 2. The average molecular weight is 314 g/mol. The average Bonchev–Trinajstić information content (AvgIpc) is 2.36. The summed E-state index contributed by atoms with van der Waals surface area (Å²) < 4.78 is 23.0. The normalized spacial score (nSPS) is 20.7. The van der Waals surface area contributed by atoms with Gasteiger partial charge in [0.15, 0.2) is 9.84 Å². The number of sulfone groups is 1. The number of nitrogen functional groups attached to an aromatic ring is 1. The SMILES string of the molecule is Nc1cc(C(=O)NC2CCCS(=O)(=O)C2)c([N+](=O)[O-])cn1. The molecule has 1 fully saturated rings. The Balaban J connectivity index is 2.21. The number of hydrogen-bond acceptors (Lipinski definition) is 7. The molecular weight excluding hydrogens is 300 g/mol. The second-order valence-electron chi connectivity index (χ2n) is 4.81. The largest absolute Gasteiger partial charge is 0.384 e. The van der Waals surface area contributed by atoms with Crippen molar-refractivity contribution in [3.8, 4) is 0 Å². The van der Waals surface area contributed by atoms with Crippen LogP contribution in [0, 0.1) is 10.1 Å². The zero-order valence-corrected chi connectivity index (χ0v) is 11.8. The highest BCUT2D eigenvalue weighted by molar-refractivity contribution is 7.91. The monoisotopic (exact) mass is 314 g/mol. The zero-order chi connectivity index (χ0) is 15.6. The van der Waals surface area contributed by atoms with Crippen molar-refractivity contribution in [1.82, 2.24) is 10.3 Å². The van der Waals surface area contributed by atoms with Gasteiger partial charge in [-0.25, -0.2) is 13.4 Å². The van der Waals surface area contributed by atoms with E-state index in [1.54, 1.807) is 0 Å². The zero-order valence-electron chi connectivity index (χ0n) is 11.0. The van der Waals surface area contributed by atoms with E-state index in [-0.39, 0.29) is 22.9 Å². The summed E-state index contributed by atoms with van der Waals surface area (Å²) in [5.41, 5.74) is 4.73. The third-order valence-corrected chi connectivity index (χ3v) is 4.96. The van der Waals surface area contributed by atoms with Crippen LogP contribution in [0.3, 0.4) is 0 Å². The van der Waals surface area contributed by atoms with Crippen LogP contribution in [0.4, 0.5) is 11.5 Å². The highest BCUT2D eigenvalue weighted by Gasteiger charge is 2.28. The summed E-state index contributed by atoms with van der Waals surface area (Å²) in [5.74, 6) is -0.811. The Morgan fingerprint density at radius 3 is 2.86 bits per heavy atom. The van der Waals surface area contributed by atoms with E-state index >= 15 is 0 Å². The third-order valence-electron chi connectivity index (χ3n) is 3.14.